The molecule has 1 nitrogen and oxygen atoms in total. The zero-order valence-electron chi connectivity index (χ0n) is 11.6. The van der Waals surface area contributed by atoms with Gasteiger partial charge in [0.1, 0.15) is 0 Å². The zero-order chi connectivity index (χ0) is 13.8. The minimum atomic E-state index is -2.33. The van der Waals surface area contributed by atoms with E-state index in [0.29, 0.717) is 13.0 Å². The van der Waals surface area contributed by atoms with Gasteiger partial charge in [-0.3, -0.25) is 0 Å². The van der Waals surface area contributed by atoms with Crippen molar-refractivity contribution >= 4 is 0 Å². The van der Waals surface area contributed by atoms with E-state index in [2.05, 4.69) is 26.1 Å². The molecule has 1 atom stereocenters. The molecule has 0 aliphatic heterocycles. The van der Waals surface area contributed by atoms with Crippen LogP contribution in [-0.4, -0.2) is 19.0 Å². The Bertz CT molecular complexity index is 352. The lowest BCUT2D eigenvalue weighted by Crippen LogP contribution is -2.37. The highest BCUT2D eigenvalue weighted by atomic mass is 19.3. The van der Waals surface area contributed by atoms with Crippen LogP contribution in [-0.2, 0) is 11.8 Å². The van der Waals surface area contributed by atoms with Gasteiger partial charge in [0.2, 0.25) is 0 Å². The Hall–Kier alpha value is -0.960. The minimum absolute atomic E-state index is 0.0995. The molecule has 0 fully saturated rings. The zero-order valence-corrected chi connectivity index (χ0v) is 11.6. The van der Waals surface area contributed by atoms with Gasteiger partial charge in [0, 0.05) is 0 Å². The fraction of sp³-hybridized carbons (Fsp3) is 0.600. The highest BCUT2D eigenvalue weighted by molar-refractivity contribution is 5.28. The normalized spacial score (nSPS) is 13.9. The van der Waals surface area contributed by atoms with E-state index in [-0.39, 0.29) is 5.41 Å². The van der Waals surface area contributed by atoms with E-state index in [9.17, 15) is 8.78 Å². The smallest absolute Gasteiger partial charge is 0.254 e. The summed E-state index contributed by atoms with van der Waals surface area (Å²) >= 11 is 0. The molecular weight excluding hydrogens is 232 g/mol. The van der Waals surface area contributed by atoms with Crippen molar-refractivity contribution in [2.24, 2.45) is 0 Å². The van der Waals surface area contributed by atoms with Crippen LogP contribution in [0.25, 0.3) is 0 Å². The third kappa shape index (κ3) is 4.37. The molecular formula is C15H23F2N. The van der Waals surface area contributed by atoms with Crippen LogP contribution in [0.2, 0.25) is 0 Å². The first-order valence-corrected chi connectivity index (χ1v) is 6.45. The second-order valence-corrected chi connectivity index (χ2v) is 5.65. The van der Waals surface area contributed by atoms with Crippen LogP contribution in [0, 0.1) is 0 Å². The molecule has 0 aliphatic carbocycles. The summed E-state index contributed by atoms with van der Waals surface area (Å²) < 4.78 is 25.6. The second-order valence-electron chi connectivity index (χ2n) is 5.65. The predicted molar refractivity (Wildman–Crippen MR) is 72.3 cm³/mol. The Morgan fingerprint density at radius 3 is 2.06 bits per heavy atom. The Morgan fingerprint density at radius 2 is 1.67 bits per heavy atom. The molecule has 18 heavy (non-hydrogen) atoms. The van der Waals surface area contributed by atoms with Gasteiger partial charge < -0.3 is 5.32 Å². The SMILES string of the molecule is CCNC(Cc1ccc(C(C)(C)C)cc1)C(F)F. The molecule has 3 heteroatoms. The van der Waals surface area contributed by atoms with E-state index in [1.807, 2.05) is 31.2 Å². The summed E-state index contributed by atoms with van der Waals surface area (Å²) in [5.41, 5.74) is 2.28. The summed E-state index contributed by atoms with van der Waals surface area (Å²) in [5.74, 6) is 0. The van der Waals surface area contributed by atoms with Gasteiger partial charge in [-0.2, -0.15) is 0 Å². The van der Waals surface area contributed by atoms with Crippen LogP contribution in [0.1, 0.15) is 38.8 Å². The summed E-state index contributed by atoms with van der Waals surface area (Å²) in [6.07, 6.45) is -1.96. The minimum Gasteiger partial charge on any atom is -0.309 e. The molecule has 1 rings (SSSR count). The molecule has 0 aromatic heterocycles. The fourth-order valence-electron chi connectivity index (χ4n) is 1.91. The van der Waals surface area contributed by atoms with E-state index < -0.39 is 12.5 Å². The summed E-state index contributed by atoms with van der Waals surface area (Å²) in [5, 5.41) is 2.83. The number of hydrogen-bond acceptors (Lipinski definition) is 1. The fourth-order valence-corrected chi connectivity index (χ4v) is 1.91. The number of benzene rings is 1. The third-order valence-corrected chi connectivity index (χ3v) is 3.05. The summed E-state index contributed by atoms with van der Waals surface area (Å²) in [6, 6.07) is 7.21. The lowest BCUT2D eigenvalue weighted by atomic mass is 9.86. The van der Waals surface area contributed by atoms with Crippen molar-refractivity contribution in [2.75, 3.05) is 6.54 Å². The van der Waals surface area contributed by atoms with Gasteiger partial charge in [-0.1, -0.05) is 52.0 Å². The molecule has 0 heterocycles. The van der Waals surface area contributed by atoms with Gasteiger partial charge >= 0.3 is 0 Å². The lowest BCUT2D eigenvalue weighted by molar-refractivity contribution is 0.0991. The van der Waals surface area contributed by atoms with Crippen LogP contribution in [0.15, 0.2) is 24.3 Å². The number of nitrogens with one attached hydrogen (secondary N) is 1. The highest BCUT2D eigenvalue weighted by Gasteiger charge is 2.20. The molecule has 0 amide bonds. The van der Waals surface area contributed by atoms with Crippen LogP contribution in [0.5, 0.6) is 0 Å². The van der Waals surface area contributed by atoms with E-state index in [0.717, 1.165) is 5.56 Å². The molecule has 1 unspecified atom stereocenters. The van der Waals surface area contributed by atoms with Gasteiger partial charge in [0.25, 0.3) is 6.43 Å². The Labute approximate surface area is 109 Å². The molecule has 1 aromatic rings. The molecule has 0 aliphatic rings. The van der Waals surface area contributed by atoms with Crippen molar-refractivity contribution in [1.82, 2.24) is 5.32 Å². The highest BCUT2D eigenvalue weighted by Crippen LogP contribution is 2.22. The summed E-state index contributed by atoms with van der Waals surface area (Å²) in [6.45, 7) is 8.83. The summed E-state index contributed by atoms with van der Waals surface area (Å²) in [4.78, 5) is 0. The van der Waals surface area contributed by atoms with E-state index in [1.54, 1.807) is 0 Å². The first-order valence-electron chi connectivity index (χ1n) is 6.45. The third-order valence-electron chi connectivity index (χ3n) is 3.05. The second kappa shape index (κ2) is 6.28. The maximum Gasteiger partial charge on any atom is 0.254 e. The molecule has 0 radical (unpaired) electrons. The molecule has 0 spiro atoms. The lowest BCUT2D eigenvalue weighted by Gasteiger charge is -2.20. The van der Waals surface area contributed by atoms with Crippen LogP contribution in [0.4, 0.5) is 8.78 Å². The maximum atomic E-state index is 12.8. The summed E-state index contributed by atoms with van der Waals surface area (Å²) in [7, 11) is 0. The molecule has 0 bridgehead atoms. The van der Waals surface area contributed by atoms with Crippen molar-refractivity contribution in [3.63, 3.8) is 0 Å². The van der Waals surface area contributed by atoms with E-state index in [1.165, 1.54) is 5.56 Å². The molecule has 0 saturated carbocycles. The van der Waals surface area contributed by atoms with E-state index >= 15 is 0 Å². The molecule has 1 aromatic carbocycles. The quantitative estimate of drug-likeness (QED) is 0.844. The van der Waals surface area contributed by atoms with Gasteiger partial charge in [0.15, 0.2) is 0 Å². The number of hydrogen-bond donors (Lipinski definition) is 1. The van der Waals surface area contributed by atoms with Crippen LogP contribution >= 0.6 is 0 Å². The molecule has 0 saturated heterocycles. The first kappa shape index (κ1) is 15.1. The topological polar surface area (TPSA) is 12.0 Å². The average Bonchev–Trinajstić information content (AvgIpc) is 2.28. The van der Waals surface area contributed by atoms with Gasteiger partial charge in [0.05, 0.1) is 6.04 Å². The van der Waals surface area contributed by atoms with Crippen molar-refractivity contribution in [3.8, 4) is 0 Å². The van der Waals surface area contributed by atoms with Crippen molar-refractivity contribution in [2.45, 2.75) is 52.0 Å². The average molecular weight is 255 g/mol. The number of rotatable bonds is 5. The van der Waals surface area contributed by atoms with Gasteiger partial charge in [-0.15, -0.1) is 0 Å². The number of likely N-dealkylation sites (N-methyl/N-ethyl adjacent to an activating group) is 1. The Balaban J connectivity index is 2.73. The van der Waals surface area contributed by atoms with Crippen molar-refractivity contribution in [3.05, 3.63) is 35.4 Å². The molecule has 1 N–H and O–H groups in total. The van der Waals surface area contributed by atoms with Gasteiger partial charge in [-0.25, -0.2) is 8.78 Å². The van der Waals surface area contributed by atoms with Gasteiger partial charge in [-0.05, 0) is 29.5 Å². The first-order chi connectivity index (χ1) is 8.34. The maximum absolute atomic E-state index is 12.8. The number of alkyl halides is 2. The standard InChI is InChI=1S/C15H23F2N/c1-5-18-13(14(16)17)10-11-6-8-12(9-7-11)15(2,3)4/h6-9,13-14,18H,5,10H2,1-4H3. The Kier molecular flexibility index (Phi) is 5.27. The van der Waals surface area contributed by atoms with Crippen molar-refractivity contribution in [1.29, 1.82) is 0 Å². The molecule has 102 valence electrons. The van der Waals surface area contributed by atoms with E-state index in [4.69, 9.17) is 0 Å². The Morgan fingerprint density at radius 1 is 1.11 bits per heavy atom. The number of halogens is 2. The predicted octanol–water partition coefficient (Wildman–Crippen LogP) is 3.77. The van der Waals surface area contributed by atoms with Crippen molar-refractivity contribution < 1.29 is 8.78 Å². The monoisotopic (exact) mass is 255 g/mol. The largest absolute Gasteiger partial charge is 0.309 e. The van der Waals surface area contributed by atoms with Crippen LogP contribution < -0.4 is 5.32 Å². The van der Waals surface area contributed by atoms with Crippen LogP contribution in [0.3, 0.4) is 0 Å².